The van der Waals surface area contributed by atoms with Gasteiger partial charge in [0.05, 0.1) is 0 Å². The molecule has 0 aromatic carbocycles. The maximum Gasteiger partial charge on any atom is -0.0134 e. The Hall–Kier alpha value is -0.520. The number of rotatable bonds is 3. The first-order chi connectivity index (χ1) is 11.1. The summed E-state index contributed by atoms with van der Waals surface area (Å²) < 4.78 is 0. The Morgan fingerprint density at radius 2 is 2.00 bits per heavy atom. The van der Waals surface area contributed by atoms with E-state index in [2.05, 4.69) is 32.9 Å². The average molecular weight is 313 g/mol. The normalized spacial score (nSPS) is 45.6. The third kappa shape index (κ3) is 2.56. The van der Waals surface area contributed by atoms with E-state index >= 15 is 0 Å². The Kier molecular flexibility index (Phi) is 4.23. The molecule has 0 spiro atoms. The Balaban J connectivity index is 1.53. The van der Waals surface area contributed by atoms with E-state index in [4.69, 9.17) is 0 Å². The minimum absolute atomic E-state index is 0.692. The minimum atomic E-state index is 0.692. The highest BCUT2D eigenvalue weighted by molar-refractivity contribution is 5.31. The molecule has 128 valence electrons. The fourth-order valence-corrected chi connectivity index (χ4v) is 7.23. The molecule has 0 radical (unpaired) electrons. The van der Waals surface area contributed by atoms with Crippen molar-refractivity contribution in [3.63, 3.8) is 0 Å². The van der Waals surface area contributed by atoms with E-state index < -0.39 is 0 Å². The van der Waals surface area contributed by atoms with Gasteiger partial charge in [0.1, 0.15) is 0 Å². The molecule has 0 nitrogen and oxygen atoms in total. The third-order valence-corrected chi connectivity index (χ3v) is 8.46. The number of allylic oxidation sites excluding steroid dienone is 4. The Morgan fingerprint density at radius 1 is 1.13 bits per heavy atom. The minimum Gasteiger partial charge on any atom is -0.0810 e. The van der Waals surface area contributed by atoms with Crippen LogP contribution in [0.25, 0.3) is 0 Å². The van der Waals surface area contributed by atoms with Gasteiger partial charge in [0.15, 0.2) is 0 Å². The largest absolute Gasteiger partial charge is 0.0810 e. The second-order valence-electron chi connectivity index (χ2n) is 9.44. The van der Waals surface area contributed by atoms with Gasteiger partial charge < -0.3 is 0 Å². The zero-order valence-corrected chi connectivity index (χ0v) is 15.6. The quantitative estimate of drug-likeness (QED) is 0.530. The molecule has 3 fully saturated rings. The second kappa shape index (κ2) is 6.08. The molecule has 23 heavy (non-hydrogen) atoms. The lowest BCUT2D eigenvalue weighted by Gasteiger charge is -2.54. The molecule has 0 heteroatoms. The summed E-state index contributed by atoms with van der Waals surface area (Å²) in [4.78, 5) is 0. The van der Waals surface area contributed by atoms with Crippen LogP contribution >= 0.6 is 0 Å². The lowest BCUT2D eigenvalue weighted by molar-refractivity contribution is -0.0206. The van der Waals surface area contributed by atoms with Gasteiger partial charge in [-0.05, 0) is 93.3 Å². The van der Waals surface area contributed by atoms with Crippen molar-refractivity contribution in [2.45, 2.75) is 85.0 Å². The van der Waals surface area contributed by atoms with Crippen LogP contribution in [-0.4, -0.2) is 0 Å². The van der Waals surface area contributed by atoms with Gasteiger partial charge in [0.25, 0.3) is 0 Å². The highest BCUT2D eigenvalue weighted by atomic mass is 14.6. The number of hydrogen-bond donors (Lipinski definition) is 0. The molecule has 0 aromatic heterocycles. The van der Waals surface area contributed by atoms with Gasteiger partial charge in [-0.25, -0.2) is 0 Å². The summed E-state index contributed by atoms with van der Waals surface area (Å²) >= 11 is 0. The van der Waals surface area contributed by atoms with Crippen LogP contribution in [0, 0.1) is 35.0 Å². The Bertz CT molecular complexity index is 510. The highest BCUT2D eigenvalue weighted by Gasteiger charge is 2.55. The summed E-state index contributed by atoms with van der Waals surface area (Å²) in [5.74, 6) is 5.07. The fraction of sp³-hybridized carbons (Fsp3) is 0.826. The van der Waals surface area contributed by atoms with Gasteiger partial charge in [0.2, 0.25) is 0 Å². The smallest absolute Gasteiger partial charge is 0.0134 e. The monoisotopic (exact) mass is 312 g/mol. The van der Waals surface area contributed by atoms with Crippen molar-refractivity contribution in [1.82, 2.24) is 0 Å². The van der Waals surface area contributed by atoms with Crippen LogP contribution < -0.4 is 0 Å². The molecule has 0 aromatic rings. The summed E-state index contributed by atoms with van der Waals surface area (Å²) in [6.07, 6.45) is 19.8. The molecular weight excluding hydrogens is 276 g/mol. The van der Waals surface area contributed by atoms with E-state index in [0.717, 1.165) is 29.6 Å². The summed E-state index contributed by atoms with van der Waals surface area (Å²) in [5.41, 5.74) is 4.03. The molecule has 4 aliphatic rings. The van der Waals surface area contributed by atoms with E-state index in [1.54, 1.807) is 6.42 Å². The first-order valence-corrected chi connectivity index (χ1v) is 10.5. The fourth-order valence-electron chi connectivity index (χ4n) is 7.23. The molecule has 0 amide bonds. The lowest BCUT2D eigenvalue weighted by atomic mass is 9.51. The third-order valence-electron chi connectivity index (χ3n) is 8.46. The predicted molar refractivity (Wildman–Crippen MR) is 99.2 cm³/mol. The Morgan fingerprint density at radius 3 is 2.83 bits per heavy atom. The van der Waals surface area contributed by atoms with Crippen LogP contribution in [0.15, 0.2) is 23.3 Å². The maximum atomic E-state index is 2.69. The van der Waals surface area contributed by atoms with Gasteiger partial charge in [-0.2, -0.15) is 0 Å². The van der Waals surface area contributed by atoms with E-state index in [1.807, 2.05) is 5.57 Å². The Labute approximate surface area is 143 Å². The first kappa shape index (κ1) is 16.0. The standard InChI is InChI=1S/C23H36/c1-4-5-6-18-9-12-22-21-11-8-17-15-16(2)7-10-19(17)20(21)13-14-23(18,22)3/h7,15,18-22H,4-6,8-14H2,1-3H3. The van der Waals surface area contributed by atoms with Crippen LogP contribution in [0.4, 0.5) is 0 Å². The van der Waals surface area contributed by atoms with Crippen molar-refractivity contribution in [1.29, 1.82) is 0 Å². The number of unbranched alkanes of at least 4 members (excludes halogenated alkanes) is 1. The molecule has 0 heterocycles. The molecule has 0 saturated heterocycles. The van der Waals surface area contributed by atoms with Crippen molar-refractivity contribution in [2.75, 3.05) is 0 Å². The molecule has 4 aliphatic carbocycles. The zero-order valence-electron chi connectivity index (χ0n) is 15.6. The van der Waals surface area contributed by atoms with Crippen LogP contribution in [0.3, 0.4) is 0 Å². The first-order valence-electron chi connectivity index (χ1n) is 10.5. The highest BCUT2D eigenvalue weighted by Crippen LogP contribution is 2.64. The van der Waals surface area contributed by atoms with Crippen molar-refractivity contribution in [3.8, 4) is 0 Å². The average Bonchev–Trinajstić information content (AvgIpc) is 2.89. The van der Waals surface area contributed by atoms with Crippen molar-refractivity contribution in [2.24, 2.45) is 35.0 Å². The van der Waals surface area contributed by atoms with Crippen molar-refractivity contribution in [3.05, 3.63) is 23.3 Å². The number of fused-ring (bicyclic) bond motifs is 5. The SMILES string of the molecule is CCCCC1CCC2C3CCC4=CC(C)=CCC4C3CCC12C. The lowest BCUT2D eigenvalue weighted by Crippen LogP contribution is -2.46. The summed E-state index contributed by atoms with van der Waals surface area (Å²) in [5, 5.41) is 0. The van der Waals surface area contributed by atoms with E-state index in [1.165, 1.54) is 63.4 Å². The molecular formula is C23H36. The molecule has 3 saturated carbocycles. The topological polar surface area (TPSA) is 0 Å². The van der Waals surface area contributed by atoms with Crippen LogP contribution in [0.5, 0.6) is 0 Å². The molecule has 6 unspecified atom stereocenters. The summed E-state index contributed by atoms with van der Waals surface area (Å²) in [6.45, 7) is 7.35. The molecule has 6 atom stereocenters. The maximum absolute atomic E-state index is 2.69. The van der Waals surface area contributed by atoms with E-state index in [0.29, 0.717) is 5.41 Å². The number of hydrogen-bond acceptors (Lipinski definition) is 0. The molecule has 4 rings (SSSR count). The zero-order chi connectivity index (χ0) is 16.0. The van der Waals surface area contributed by atoms with Crippen molar-refractivity contribution < 1.29 is 0 Å². The van der Waals surface area contributed by atoms with E-state index in [9.17, 15) is 0 Å². The van der Waals surface area contributed by atoms with Crippen LogP contribution in [0.2, 0.25) is 0 Å². The van der Waals surface area contributed by atoms with Crippen LogP contribution in [-0.2, 0) is 0 Å². The van der Waals surface area contributed by atoms with Crippen molar-refractivity contribution >= 4 is 0 Å². The molecule has 0 aliphatic heterocycles. The summed E-state index contributed by atoms with van der Waals surface area (Å²) in [7, 11) is 0. The molecule has 0 bridgehead atoms. The van der Waals surface area contributed by atoms with Gasteiger partial charge in [-0.3, -0.25) is 0 Å². The summed E-state index contributed by atoms with van der Waals surface area (Å²) in [6, 6.07) is 0. The second-order valence-corrected chi connectivity index (χ2v) is 9.44. The van der Waals surface area contributed by atoms with Crippen LogP contribution in [0.1, 0.15) is 85.0 Å². The van der Waals surface area contributed by atoms with Gasteiger partial charge >= 0.3 is 0 Å². The molecule has 0 N–H and O–H groups in total. The van der Waals surface area contributed by atoms with Gasteiger partial charge in [0, 0.05) is 0 Å². The van der Waals surface area contributed by atoms with Gasteiger partial charge in [-0.1, -0.05) is 50.0 Å². The van der Waals surface area contributed by atoms with Gasteiger partial charge in [-0.15, -0.1) is 0 Å². The predicted octanol–water partition coefficient (Wildman–Crippen LogP) is 6.92. The van der Waals surface area contributed by atoms with E-state index in [-0.39, 0.29) is 0 Å².